The van der Waals surface area contributed by atoms with E-state index in [-0.39, 0.29) is 0 Å². The molecular weight excluding hydrogens is 344 g/mol. The zero-order chi connectivity index (χ0) is 16.4. The van der Waals surface area contributed by atoms with E-state index >= 15 is 0 Å². The molecule has 0 radical (unpaired) electrons. The first-order valence-corrected chi connectivity index (χ1v) is 9.00. The number of aromatic nitrogens is 6. The largest absolute Gasteiger partial charge is 0.410 e. The predicted molar refractivity (Wildman–Crippen MR) is 91.1 cm³/mol. The molecule has 3 heterocycles. The Morgan fingerprint density at radius 2 is 2.00 bits per heavy atom. The lowest BCUT2D eigenvalue weighted by Gasteiger charge is -2.03. The van der Waals surface area contributed by atoms with E-state index in [4.69, 9.17) is 4.42 Å². The first-order valence-electron chi connectivity index (χ1n) is 7.14. The zero-order valence-electron chi connectivity index (χ0n) is 12.7. The van der Waals surface area contributed by atoms with Crippen molar-refractivity contribution in [1.82, 2.24) is 30.4 Å². The Bertz CT molecular complexity index is 929. The first kappa shape index (κ1) is 15.0. The molecule has 3 aromatic heterocycles. The molecule has 4 rings (SSSR count). The van der Waals surface area contributed by atoms with Crippen LogP contribution in [0.2, 0.25) is 0 Å². The fourth-order valence-corrected chi connectivity index (χ4v) is 3.39. The Morgan fingerprint density at radius 1 is 1.12 bits per heavy atom. The van der Waals surface area contributed by atoms with E-state index in [1.807, 2.05) is 48.7 Å². The van der Waals surface area contributed by atoms with Crippen molar-refractivity contribution in [3.63, 3.8) is 0 Å². The number of nitrogens with zero attached hydrogens (tertiary/aromatic N) is 6. The molecule has 0 saturated carbocycles. The molecule has 4 aromatic rings. The summed E-state index contributed by atoms with van der Waals surface area (Å²) in [5.41, 5.74) is 2.11. The molecule has 0 aliphatic rings. The standard InChI is InChI=1S/C15H12N6OS2/c1-10-4-6-11(7-5-10)21-13(16-19-20-21)9-24-15-18-17-14(22-15)12-3-2-8-23-12/h2-8H,9H2,1H3. The summed E-state index contributed by atoms with van der Waals surface area (Å²) in [6, 6.07) is 11.9. The average Bonchev–Trinajstić information content (AvgIpc) is 3.34. The SMILES string of the molecule is Cc1ccc(-n2nnnc2CSc2nnc(-c3cccs3)o2)cc1. The van der Waals surface area contributed by atoms with Gasteiger partial charge in [0, 0.05) is 0 Å². The summed E-state index contributed by atoms with van der Waals surface area (Å²) >= 11 is 2.97. The minimum absolute atomic E-state index is 0.497. The van der Waals surface area contributed by atoms with Crippen molar-refractivity contribution >= 4 is 23.1 Å². The quantitative estimate of drug-likeness (QED) is 0.507. The van der Waals surface area contributed by atoms with Crippen molar-refractivity contribution in [2.75, 3.05) is 0 Å². The van der Waals surface area contributed by atoms with Crippen molar-refractivity contribution in [1.29, 1.82) is 0 Å². The van der Waals surface area contributed by atoms with Gasteiger partial charge in [-0.2, -0.15) is 4.68 Å². The highest BCUT2D eigenvalue weighted by Crippen LogP contribution is 2.27. The number of aryl methyl sites for hydroxylation is 1. The van der Waals surface area contributed by atoms with Crippen LogP contribution >= 0.6 is 23.1 Å². The van der Waals surface area contributed by atoms with Gasteiger partial charge in [-0.3, -0.25) is 0 Å². The minimum Gasteiger partial charge on any atom is -0.410 e. The van der Waals surface area contributed by atoms with Gasteiger partial charge in [-0.15, -0.1) is 26.6 Å². The Hall–Kier alpha value is -2.52. The first-order chi connectivity index (χ1) is 11.8. The molecular formula is C15H12N6OS2. The summed E-state index contributed by atoms with van der Waals surface area (Å²) in [6.07, 6.45) is 0. The Balaban J connectivity index is 1.49. The molecule has 120 valence electrons. The monoisotopic (exact) mass is 356 g/mol. The Labute approximate surface area is 145 Å². The van der Waals surface area contributed by atoms with Crippen LogP contribution in [0.5, 0.6) is 0 Å². The number of thiophene rings is 1. The molecule has 0 saturated heterocycles. The van der Waals surface area contributed by atoms with E-state index in [2.05, 4.69) is 25.7 Å². The lowest BCUT2D eigenvalue weighted by molar-refractivity contribution is 0.466. The highest BCUT2D eigenvalue weighted by atomic mass is 32.2. The van der Waals surface area contributed by atoms with Gasteiger partial charge in [-0.25, -0.2) is 0 Å². The lowest BCUT2D eigenvalue weighted by atomic mass is 10.2. The molecule has 0 fully saturated rings. The Kier molecular flexibility index (Phi) is 4.09. The number of hydrogen-bond acceptors (Lipinski definition) is 8. The lowest BCUT2D eigenvalue weighted by Crippen LogP contribution is -2.02. The van der Waals surface area contributed by atoms with Gasteiger partial charge in [0.05, 0.1) is 16.3 Å². The number of thioether (sulfide) groups is 1. The summed E-state index contributed by atoms with van der Waals surface area (Å²) in [5, 5.41) is 22.5. The number of hydrogen-bond donors (Lipinski definition) is 0. The third kappa shape index (κ3) is 3.08. The maximum absolute atomic E-state index is 5.66. The smallest absolute Gasteiger partial charge is 0.277 e. The fraction of sp³-hybridized carbons (Fsp3) is 0.133. The summed E-state index contributed by atoms with van der Waals surface area (Å²) in [4.78, 5) is 0.957. The summed E-state index contributed by atoms with van der Waals surface area (Å²) in [6.45, 7) is 2.04. The maximum Gasteiger partial charge on any atom is 0.277 e. The molecule has 0 aliphatic heterocycles. The third-order valence-corrected chi connectivity index (χ3v) is 4.95. The van der Waals surface area contributed by atoms with Crippen LogP contribution in [0.1, 0.15) is 11.4 Å². The van der Waals surface area contributed by atoms with Crippen molar-refractivity contribution in [2.24, 2.45) is 0 Å². The van der Waals surface area contributed by atoms with Gasteiger partial charge in [-0.1, -0.05) is 35.5 Å². The highest BCUT2D eigenvalue weighted by molar-refractivity contribution is 7.98. The second kappa shape index (κ2) is 6.54. The molecule has 0 atom stereocenters. The van der Waals surface area contributed by atoms with Gasteiger partial charge in [0.25, 0.3) is 11.1 Å². The van der Waals surface area contributed by atoms with Crippen LogP contribution in [0.25, 0.3) is 16.5 Å². The molecule has 0 aliphatic carbocycles. The van der Waals surface area contributed by atoms with E-state index in [0.29, 0.717) is 16.9 Å². The molecule has 0 unspecified atom stereocenters. The van der Waals surface area contributed by atoms with Crippen molar-refractivity contribution in [3.05, 3.63) is 53.2 Å². The van der Waals surface area contributed by atoms with Crippen LogP contribution < -0.4 is 0 Å². The van der Waals surface area contributed by atoms with E-state index in [1.54, 1.807) is 16.0 Å². The molecule has 0 amide bonds. The van der Waals surface area contributed by atoms with Gasteiger partial charge in [0.2, 0.25) is 0 Å². The number of tetrazole rings is 1. The van der Waals surface area contributed by atoms with Crippen LogP contribution in [0.4, 0.5) is 0 Å². The van der Waals surface area contributed by atoms with Crippen LogP contribution in [0.3, 0.4) is 0 Å². The van der Waals surface area contributed by atoms with Gasteiger partial charge >= 0.3 is 0 Å². The van der Waals surface area contributed by atoms with E-state index in [0.717, 1.165) is 16.4 Å². The average molecular weight is 356 g/mol. The van der Waals surface area contributed by atoms with Crippen molar-refractivity contribution < 1.29 is 4.42 Å². The number of rotatable bonds is 5. The van der Waals surface area contributed by atoms with Gasteiger partial charge < -0.3 is 4.42 Å². The van der Waals surface area contributed by atoms with Crippen LogP contribution in [0.15, 0.2) is 51.4 Å². The highest BCUT2D eigenvalue weighted by Gasteiger charge is 2.13. The number of benzene rings is 1. The van der Waals surface area contributed by atoms with Crippen molar-refractivity contribution in [3.8, 4) is 16.5 Å². The second-order valence-electron chi connectivity index (χ2n) is 4.98. The normalized spacial score (nSPS) is 11.0. The predicted octanol–water partition coefficient (Wildman–Crippen LogP) is 3.37. The fourth-order valence-electron chi connectivity index (χ4n) is 2.08. The van der Waals surface area contributed by atoms with E-state index in [1.165, 1.54) is 17.3 Å². The third-order valence-electron chi connectivity index (χ3n) is 3.28. The van der Waals surface area contributed by atoms with Crippen LogP contribution in [-0.4, -0.2) is 30.4 Å². The van der Waals surface area contributed by atoms with Crippen molar-refractivity contribution in [2.45, 2.75) is 17.9 Å². The summed E-state index contributed by atoms with van der Waals surface area (Å²) < 4.78 is 7.37. The molecule has 0 N–H and O–H groups in total. The molecule has 1 aromatic carbocycles. The molecule has 9 heteroatoms. The van der Waals surface area contributed by atoms with Gasteiger partial charge in [-0.05, 0) is 40.9 Å². The Morgan fingerprint density at radius 3 is 2.79 bits per heavy atom. The van der Waals surface area contributed by atoms with Crippen LogP contribution in [-0.2, 0) is 5.75 Å². The molecule has 0 spiro atoms. The van der Waals surface area contributed by atoms with E-state index in [9.17, 15) is 0 Å². The second-order valence-corrected chi connectivity index (χ2v) is 6.86. The topological polar surface area (TPSA) is 82.5 Å². The van der Waals surface area contributed by atoms with E-state index < -0.39 is 0 Å². The summed E-state index contributed by atoms with van der Waals surface area (Å²) in [5.74, 6) is 1.79. The van der Waals surface area contributed by atoms with Gasteiger partial charge in [0.1, 0.15) is 0 Å². The molecule has 24 heavy (non-hydrogen) atoms. The van der Waals surface area contributed by atoms with Gasteiger partial charge in [0.15, 0.2) is 5.82 Å². The van der Waals surface area contributed by atoms with Crippen LogP contribution in [0, 0.1) is 6.92 Å². The molecule has 0 bridgehead atoms. The zero-order valence-corrected chi connectivity index (χ0v) is 14.3. The maximum atomic E-state index is 5.66. The molecule has 7 nitrogen and oxygen atoms in total. The summed E-state index contributed by atoms with van der Waals surface area (Å²) in [7, 11) is 0. The minimum atomic E-state index is 0.497.